The summed E-state index contributed by atoms with van der Waals surface area (Å²) >= 11 is 5.85. The van der Waals surface area contributed by atoms with Crippen LogP contribution in [0.1, 0.15) is 52.9 Å². The van der Waals surface area contributed by atoms with Gasteiger partial charge in [-0.3, -0.25) is 4.79 Å². The average Bonchev–Trinajstić information content (AvgIpc) is 2.54. The van der Waals surface area contributed by atoms with Crippen LogP contribution in [0.4, 0.5) is 0 Å². The summed E-state index contributed by atoms with van der Waals surface area (Å²) in [5, 5.41) is 3.69. The van der Waals surface area contributed by atoms with Crippen molar-refractivity contribution in [1.82, 2.24) is 5.32 Å². The Hall–Kier alpha value is -1.22. The standard InChI is InChI=1S/C18H28ClNO2/c1-4-7-8-14(5-2)13-20-18(21)17(6-3)22-16-11-9-15(19)10-12-16/h9-12,14,17H,4-8,13H2,1-3H3,(H,20,21)/t14-,17-/m0/s1. The van der Waals surface area contributed by atoms with Crippen molar-refractivity contribution in [2.24, 2.45) is 5.92 Å². The van der Waals surface area contributed by atoms with Crippen LogP contribution in [0.25, 0.3) is 0 Å². The summed E-state index contributed by atoms with van der Waals surface area (Å²) < 4.78 is 5.76. The highest BCUT2D eigenvalue weighted by atomic mass is 35.5. The number of rotatable bonds is 10. The van der Waals surface area contributed by atoms with E-state index in [9.17, 15) is 4.79 Å². The maximum Gasteiger partial charge on any atom is 0.261 e. The fourth-order valence-electron chi connectivity index (χ4n) is 2.30. The van der Waals surface area contributed by atoms with Crippen molar-refractivity contribution >= 4 is 17.5 Å². The number of nitrogens with one attached hydrogen (secondary N) is 1. The summed E-state index contributed by atoms with van der Waals surface area (Å²) in [5.41, 5.74) is 0. The van der Waals surface area contributed by atoms with Crippen LogP contribution in [0.3, 0.4) is 0 Å². The van der Waals surface area contributed by atoms with E-state index >= 15 is 0 Å². The lowest BCUT2D eigenvalue weighted by atomic mass is 9.99. The molecule has 0 aliphatic rings. The number of carbonyl (C=O) groups is 1. The van der Waals surface area contributed by atoms with Gasteiger partial charge in [-0.15, -0.1) is 0 Å². The molecule has 0 saturated carbocycles. The number of carbonyl (C=O) groups excluding carboxylic acids is 1. The fourth-order valence-corrected chi connectivity index (χ4v) is 2.43. The Morgan fingerprint density at radius 1 is 1.18 bits per heavy atom. The lowest BCUT2D eigenvalue weighted by molar-refractivity contribution is -0.128. The molecule has 0 spiro atoms. The minimum absolute atomic E-state index is 0.0348. The number of hydrogen-bond acceptors (Lipinski definition) is 2. The zero-order valence-electron chi connectivity index (χ0n) is 13.9. The zero-order valence-corrected chi connectivity index (χ0v) is 14.7. The van der Waals surface area contributed by atoms with Crippen molar-refractivity contribution in [2.75, 3.05) is 6.54 Å². The van der Waals surface area contributed by atoms with Crippen LogP contribution in [0.5, 0.6) is 5.75 Å². The lowest BCUT2D eigenvalue weighted by Crippen LogP contribution is -2.40. The SMILES string of the molecule is CCCC[C@H](CC)CNC(=O)[C@H](CC)Oc1ccc(Cl)cc1. The predicted octanol–water partition coefficient (Wildman–Crippen LogP) is 4.83. The molecule has 0 aliphatic carbocycles. The maximum absolute atomic E-state index is 12.3. The van der Waals surface area contributed by atoms with Gasteiger partial charge < -0.3 is 10.1 Å². The number of hydrogen-bond donors (Lipinski definition) is 1. The first kappa shape index (κ1) is 18.8. The van der Waals surface area contributed by atoms with E-state index < -0.39 is 6.10 Å². The van der Waals surface area contributed by atoms with Crippen LogP contribution >= 0.6 is 11.6 Å². The molecule has 22 heavy (non-hydrogen) atoms. The Bertz CT molecular complexity index is 433. The topological polar surface area (TPSA) is 38.3 Å². The van der Waals surface area contributed by atoms with E-state index in [1.54, 1.807) is 24.3 Å². The molecule has 0 fully saturated rings. The highest BCUT2D eigenvalue weighted by Crippen LogP contribution is 2.18. The molecule has 0 heterocycles. The number of amides is 1. The molecule has 4 heteroatoms. The van der Waals surface area contributed by atoms with Crippen LogP contribution in [0, 0.1) is 5.92 Å². The third-order valence-electron chi connectivity index (χ3n) is 3.86. The molecule has 0 aliphatic heterocycles. The highest BCUT2D eigenvalue weighted by Gasteiger charge is 2.19. The van der Waals surface area contributed by atoms with Gasteiger partial charge in [0.1, 0.15) is 5.75 Å². The Labute approximate surface area is 139 Å². The van der Waals surface area contributed by atoms with Crippen molar-refractivity contribution in [3.05, 3.63) is 29.3 Å². The van der Waals surface area contributed by atoms with Gasteiger partial charge in [0.2, 0.25) is 0 Å². The molecule has 0 radical (unpaired) electrons. The van der Waals surface area contributed by atoms with Gasteiger partial charge in [0.05, 0.1) is 0 Å². The molecule has 0 aromatic heterocycles. The largest absolute Gasteiger partial charge is 0.481 e. The van der Waals surface area contributed by atoms with E-state index in [1.807, 2.05) is 6.92 Å². The maximum atomic E-state index is 12.3. The normalized spacial score (nSPS) is 13.5. The minimum Gasteiger partial charge on any atom is -0.481 e. The van der Waals surface area contributed by atoms with Gasteiger partial charge in [-0.05, 0) is 43.0 Å². The third-order valence-corrected chi connectivity index (χ3v) is 4.12. The first-order chi connectivity index (χ1) is 10.6. The molecule has 0 saturated heterocycles. The van der Waals surface area contributed by atoms with Gasteiger partial charge in [-0.25, -0.2) is 0 Å². The number of halogens is 1. The average molecular weight is 326 g/mol. The number of benzene rings is 1. The smallest absolute Gasteiger partial charge is 0.261 e. The minimum atomic E-state index is -0.454. The van der Waals surface area contributed by atoms with Crippen LogP contribution in [0.2, 0.25) is 5.02 Å². The first-order valence-electron chi connectivity index (χ1n) is 8.30. The van der Waals surface area contributed by atoms with Crippen molar-refractivity contribution in [3.63, 3.8) is 0 Å². The van der Waals surface area contributed by atoms with Crippen LogP contribution in [0.15, 0.2) is 24.3 Å². The molecule has 1 aromatic carbocycles. The summed E-state index contributed by atoms with van der Waals surface area (Å²) in [5.74, 6) is 1.19. The van der Waals surface area contributed by atoms with Crippen LogP contribution < -0.4 is 10.1 Å². The lowest BCUT2D eigenvalue weighted by Gasteiger charge is -2.20. The van der Waals surface area contributed by atoms with E-state index in [-0.39, 0.29) is 5.91 Å². The van der Waals surface area contributed by atoms with Gasteiger partial charge in [0, 0.05) is 11.6 Å². The number of unbranched alkanes of at least 4 members (excludes halogenated alkanes) is 1. The van der Waals surface area contributed by atoms with E-state index in [1.165, 1.54) is 19.3 Å². The molecule has 3 nitrogen and oxygen atoms in total. The van der Waals surface area contributed by atoms with Gasteiger partial charge in [0.25, 0.3) is 5.91 Å². The van der Waals surface area contributed by atoms with Crippen molar-refractivity contribution in [1.29, 1.82) is 0 Å². The molecule has 1 amide bonds. The Morgan fingerprint density at radius 2 is 1.86 bits per heavy atom. The molecule has 1 rings (SSSR count). The van der Waals surface area contributed by atoms with E-state index in [2.05, 4.69) is 19.2 Å². The van der Waals surface area contributed by atoms with Gasteiger partial charge in [-0.2, -0.15) is 0 Å². The summed E-state index contributed by atoms with van der Waals surface area (Å²) in [6.07, 6.45) is 4.86. The Kier molecular flexibility index (Phi) is 8.98. The Balaban J connectivity index is 2.48. The summed E-state index contributed by atoms with van der Waals surface area (Å²) in [6.45, 7) is 7.05. The van der Waals surface area contributed by atoms with E-state index in [0.717, 1.165) is 13.0 Å². The van der Waals surface area contributed by atoms with E-state index in [0.29, 0.717) is 23.1 Å². The number of ether oxygens (including phenoxy) is 1. The van der Waals surface area contributed by atoms with Crippen molar-refractivity contribution in [2.45, 2.75) is 59.0 Å². The zero-order chi connectivity index (χ0) is 16.4. The molecule has 0 unspecified atom stereocenters. The summed E-state index contributed by atoms with van der Waals surface area (Å²) in [4.78, 5) is 12.3. The quantitative estimate of drug-likeness (QED) is 0.669. The van der Waals surface area contributed by atoms with Gasteiger partial charge >= 0.3 is 0 Å². The molecule has 1 aromatic rings. The summed E-state index contributed by atoms with van der Waals surface area (Å²) in [7, 11) is 0. The van der Waals surface area contributed by atoms with Crippen LogP contribution in [-0.2, 0) is 4.79 Å². The first-order valence-corrected chi connectivity index (χ1v) is 8.68. The molecule has 0 bridgehead atoms. The molecular formula is C18H28ClNO2. The Morgan fingerprint density at radius 3 is 2.41 bits per heavy atom. The monoisotopic (exact) mass is 325 g/mol. The molecule has 1 N–H and O–H groups in total. The predicted molar refractivity (Wildman–Crippen MR) is 92.5 cm³/mol. The second-order valence-electron chi connectivity index (χ2n) is 5.63. The second kappa shape index (κ2) is 10.5. The highest BCUT2D eigenvalue weighted by molar-refractivity contribution is 6.30. The molecular weight excluding hydrogens is 298 g/mol. The van der Waals surface area contributed by atoms with Gasteiger partial charge in [0.15, 0.2) is 6.10 Å². The van der Waals surface area contributed by atoms with Gasteiger partial charge in [-0.1, -0.05) is 51.6 Å². The van der Waals surface area contributed by atoms with Crippen LogP contribution in [-0.4, -0.2) is 18.6 Å². The summed E-state index contributed by atoms with van der Waals surface area (Å²) in [6, 6.07) is 7.10. The van der Waals surface area contributed by atoms with E-state index in [4.69, 9.17) is 16.3 Å². The molecule has 124 valence electrons. The van der Waals surface area contributed by atoms with Crippen molar-refractivity contribution in [3.8, 4) is 5.75 Å². The third kappa shape index (κ3) is 6.69. The second-order valence-corrected chi connectivity index (χ2v) is 6.07. The molecule has 2 atom stereocenters. The fraction of sp³-hybridized carbons (Fsp3) is 0.611. The van der Waals surface area contributed by atoms with Crippen molar-refractivity contribution < 1.29 is 9.53 Å².